The number of carbonyl (C=O) groups is 2. The molecule has 0 aromatic carbocycles. The van der Waals surface area contributed by atoms with Gasteiger partial charge in [-0.05, 0) is 11.0 Å². The monoisotopic (exact) mass is 277 g/mol. The van der Waals surface area contributed by atoms with E-state index in [-0.39, 0.29) is 46.6 Å². The van der Waals surface area contributed by atoms with Gasteiger partial charge in [-0.3, -0.25) is 0 Å². The molecule has 0 atom stereocenters. The van der Waals surface area contributed by atoms with Gasteiger partial charge in [0.25, 0.3) is 0 Å². The molecule has 0 heterocycles. The van der Waals surface area contributed by atoms with Crippen LogP contribution in [0.2, 0.25) is 0 Å². The van der Waals surface area contributed by atoms with E-state index in [4.69, 9.17) is 30.0 Å². The molecule has 0 amide bonds. The SMILES string of the molecule is O=C(O)C(=O)O.OCCO.[Nb].[SiH4]. The Labute approximate surface area is 88.7 Å². The van der Waals surface area contributed by atoms with Crippen LogP contribution in [-0.4, -0.2) is 56.5 Å². The van der Waals surface area contributed by atoms with Gasteiger partial charge in [-0.2, -0.15) is 0 Å². The first kappa shape index (κ1) is 22.6. The Balaban J connectivity index is -0.0000000483. The second-order valence-corrected chi connectivity index (χ2v) is 1.06. The van der Waals surface area contributed by atoms with Crippen LogP contribution in [0.3, 0.4) is 0 Å². The van der Waals surface area contributed by atoms with Crippen molar-refractivity contribution in [1.82, 2.24) is 0 Å². The van der Waals surface area contributed by atoms with Gasteiger partial charge in [0.2, 0.25) is 0 Å². The second-order valence-electron chi connectivity index (χ2n) is 1.06. The molecule has 0 rings (SSSR count). The zero-order valence-corrected chi connectivity index (χ0v) is 7.67. The van der Waals surface area contributed by atoms with Gasteiger partial charge < -0.3 is 20.4 Å². The van der Waals surface area contributed by atoms with Crippen molar-refractivity contribution in [2.24, 2.45) is 0 Å². The minimum Gasteiger partial charge on any atom is -0.473 e. The van der Waals surface area contributed by atoms with E-state index in [0.29, 0.717) is 0 Å². The van der Waals surface area contributed by atoms with Crippen LogP contribution in [0.1, 0.15) is 0 Å². The van der Waals surface area contributed by atoms with E-state index >= 15 is 0 Å². The average Bonchev–Trinajstić information content (AvgIpc) is 1.89. The first-order valence-electron chi connectivity index (χ1n) is 2.24. The number of carboxylic acid groups (broad SMARTS) is 2. The largest absolute Gasteiger partial charge is 0.473 e. The standard InChI is InChI=1S/C2H2O4.C2H6O2.Nb.H4Si/c3-1(4)2(5)6;3-1-2-4;;/h(H,3,4)(H,5,6);3-4H,1-2H2;;1H4. The molecule has 4 N–H and O–H groups in total. The molecule has 0 aromatic rings. The van der Waals surface area contributed by atoms with Crippen LogP contribution in [0.25, 0.3) is 0 Å². The Kier molecular flexibility index (Phi) is 32.2. The summed E-state index contributed by atoms with van der Waals surface area (Å²) in [6, 6.07) is 0. The molecule has 12 heavy (non-hydrogen) atoms. The number of hydrogen-bond acceptors (Lipinski definition) is 4. The van der Waals surface area contributed by atoms with Crippen molar-refractivity contribution in [3.8, 4) is 0 Å². The maximum absolute atomic E-state index is 9.10. The minimum absolute atomic E-state index is 0. The van der Waals surface area contributed by atoms with Gasteiger partial charge in [-0.1, -0.05) is 0 Å². The van der Waals surface area contributed by atoms with E-state index in [2.05, 4.69) is 0 Å². The molecule has 1 radical (unpaired) electrons. The van der Waals surface area contributed by atoms with Gasteiger partial charge in [0.05, 0.1) is 13.2 Å². The Morgan fingerprint density at radius 2 is 1.08 bits per heavy atom. The molecule has 8 heteroatoms. The summed E-state index contributed by atoms with van der Waals surface area (Å²) in [4.78, 5) is 18.2. The van der Waals surface area contributed by atoms with Crippen molar-refractivity contribution in [1.29, 1.82) is 0 Å². The van der Waals surface area contributed by atoms with Crippen molar-refractivity contribution in [3.05, 3.63) is 0 Å². The van der Waals surface area contributed by atoms with E-state index in [0.717, 1.165) is 0 Å². The number of hydrogen-bond donors (Lipinski definition) is 4. The Morgan fingerprint density at radius 1 is 0.917 bits per heavy atom. The van der Waals surface area contributed by atoms with Crippen molar-refractivity contribution in [3.63, 3.8) is 0 Å². The molecular formula is C4H12NbO6Si. The Morgan fingerprint density at radius 3 is 1.08 bits per heavy atom. The predicted octanol–water partition coefficient (Wildman–Crippen LogP) is -3.33. The molecule has 73 valence electrons. The smallest absolute Gasteiger partial charge is 0.414 e. The summed E-state index contributed by atoms with van der Waals surface area (Å²) in [5.41, 5.74) is 0. The third kappa shape index (κ3) is 32.9. The summed E-state index contributed by atoms with van der Waals surface area (Å²) in [6.45, 7) is -0.250. The molecule has 0 saturated heterocycles. The van der Waals surface area contributed by atoms with Gasteiger partial charge in [0.15, 0.2) is 0 Å². The summed E-state index contributed by atoms with van der Waals surface area (Å²) in [6.07, 6.45) is 0. The van der Waals surface area contributed by atoms with Crippen LogP contribution in [-0.2, 0) is 32.0 Å². The molecule has 0 aliphatic rings. The maximum atomic E-state index is 9.10. The maximum Gasteiger partial charge on any atom is 0.414 e. The van der Waals surface area contributed by atoms with Crippen LogP contribution in [0.4, 0.5) is 0 Å². The van der Waals surface area contributed by atoms with E-state index < -0.39 is 11.9 Å². The average molecular weight is 277 g/mol. The molecule has 0 aliphatic carbocycles. The second kappa shape index (κ2) is 17.1. The summed E-state index contributed by atoms with van der Waals surface area (Å²) in [7, 11) is 0. The van der Waals surface area contributed by atoms with Gasteiger partial charge in [0, 0.05) is 22.4 Å². The van der Waals surface area contributed by atoms with Crippen LogP contribution in [0, 0.1) is 0 Å². The van der Waals surface area contributed by atoms with E-state index in [1.54, 1.807) is 0 Å². The van der Waals surface area contributed by atoms with Crippen LogP contribution in [0.5, 0.6) is 0 Å². The number of aliphatic hydroxyl groups is 2. The van der Waals surface area contributed by atoms with Crippen molar-refractivity contribution in [2.75, 3.05) is 13.2 Å². The summed E-state index contributed by atoms with van der Waals surface area (Å²) >= 11 is 0. The normalized spacial score (nSPS) is 6.17. The predicted molar refractivity (Wildman–Crippen MR) is 40.8 cm³/mol. The Hall–Kier alpha value is -0.183. The third-order valence-electron chi connectivity index (χ3n) is 0.283. The van der Waals surface area contributed by atoms with E-state index in [9.17, 15) is 0 Å². The fraction of sp³-hybridized carbons (Fsp3) is 0.500. The van der Waals surface area contributed by atoms with Crippen molar-refractivity contribution in [2.45, 2.75) is 0 Å². The molecule has 0 bridgehead atoms. The number of aliphatic hydroxyl groups excluding tert-OH is 2. The van der Waals surface area contributed by atoms with Gasteiger partial charge in [-0.15, -0.1) is 0 Å². The first-order chi connectivity index (χ1) is 4.56. The number of aliphatic carboxylic acids is 2. The van der Waals surface area contributed by atoms with E-state index in [1.165, 1.54) is 0 Å². The Bertz CT molecular complexity index is 104. The summed E-state index contributed by atoms with van der Waals surface area (Å²) in [5, 5.41) is 30.0. The third-order valence-corrected chi connectivity index (χ3v) is 0.283. The molecule has 0 aromatic heterocycles. The molecule has 0 unspecified atom stereocenters. The number of rotatable bonds is 1. The topological polar surface area (TPSA) is 115 Å². The van der Waals surface area contributed by atoms with Gasteiger partial charge in [0.1, 0.15) is 0 Å². The molecule has 6 nitrogen and oxygen atoms in total. The summed E-state index contributed by atoms with van der Waals surface area (Å²) in [5.74, 6) is -3.65. The minimum atomic E-state index is -1.82. The quantitative estimate of drug-likeness (QED) is 0.294. The first-order valence-corrected chi connectivity index (χ1v) is 2.24. The zero-order chi connectivity index (χ0) is 8.57. The molecule has 0 saturated carbocycles. The zero-order valence-electron chi connectivity index (χ0n) is 5.47. The molecule has 0 spiro atoms. The van der Waals surface area contributed by atoms with Crippen LogP contribution < -0.4 is 0 Å². The number of carboxylic acids is 2. The van der Waals surface area contributed by atoms with Crippen molar-refractivity contribution < 1.29 is 52.4 Å². The fourth-order valence-electron chi connectivity index (χ4n) is 0. The van der Waals surface area contributed by atoms with Crippen molar-refractivity contribution >= 4 is 22.9 Å². The van der Waals surface area contributed by atoms with E-state index in [1.807, 2.05) is 0 Å². The molecule has 0 fully saturated rings. The summed E-state index contributed by atoms with van der Waals surface area (Å²) < 4.78 is 0. The molecule has 0 aliphatic heterocycles. The molecular weight excluding hydrogens is 265 g/mol. The van der Waals surface area contributed by atoms with Gasteiger partial charge in [-0.25, -0.2) is 9.59 Å². The van der Waals surface area contributed by atoms with Crippen LogP contribution in [0.15, 0.2) is 0 Å². The fourth-order valence-corrected chi connectivity index (χ4v) is 0. The van der Waals surface area contributed by atoms with Gasteiger partial charge >= 0.3 is 11.9 Å². The van der Waals surface area contributed by atoms with Crippen LogP contribution >= 0.6 is 0 Å².